The normalized spacial score (nSPS) is 19.1. The molecule has 1 saturated heterocycles. The van der Waals surface area contributed by atoms with Gasteiger partial charge >= 0.3 is 0 Å². The molecule has 5 nitrogen and oxygen atoms in total. The van der Waals surface area contributed by atoms with Crippen LogP contribution in [0.3, 0.4) is 0 Å². The minimum absolute atomic E-state index is 0.0450. The van der Waals surface area contributed by atoms with E-state index in [1.165, 1.54) is 5.56 Å². The first-order valence-electron chi connectivity index (χ1n) is 11.0. The van der Waals surface area contributed by atoms with Crippen LogP contribution < -0.4 is 5.32 Å². The van der Waals surface area contributed by atoms with Crippen molar-refractivity contribution in [3.8, 4) is 0 Å². The maximum Gasteiger partial charge on any atom is 0.243 e. The van der Waals surface area contributed by atoms with Crippen molar-refractivity contribution >= 4 is 21.6 Å². The summed E-state index contributed by atoms with van der Waals surface area (Å²) in [5.41, 5.74) is 1.97. The lowest BCUT2D eigenvalue weighted by atomic mass is 9.91. The molecule has 160 valence electrons. The Hall–Kier alpha value is -2.18. The van der Waals surface area contributed by atoms with Crippen molar-refractivity contribution < 1.29 is 13.2 Å². The smallest absolute Gasteiger partial charge is 0.243 e. The predicted octanol–water partition coefficient (Wildman–Crippen LogP) is 4.46. The summed E-state index contributed by atoms with van der Waals surface area (Å²) < 4.78 is 27.7. The average Bonchev–Trinajstić information content (AvgIpc) is 3.30. The fourth-order valence-corrected chi connectivity index (χ4v) is 6.06. The van der Waals surface area contributed by atoms with Crippen LogP contribution in [0.15, 0.2) is 59.5 Å². The van der Waals surface area contributed by atoms with Gasteiger partial charge in [0.15, 0.2) is 0 Å². The number of rotatable bonds is 6. The van der Waals surface area contributed by atoms with Crippen LogP contribution in [0.4, 0.5) is 5.69 Å². The van der Waals surface area contributed by atoms with Crippen LogP contribution in [0.1, 0.15) is 44.1 Å². The van der Waals surface area contributed by atoms with Gasteiger partial charge in [-0.05, 0) is 67.9 Å². The van der Waals surface area contributed by atoms with Crippen molar-refractivity contribution in [2.75, 3.05) is 18.4 Å². The van der Waals surface area contributed by atoms with E-state index in [1.54, 1.807) is 28.6 Å². The van der Waals surface area contributed by atoms with E-state index in [0.29, 0.717) is 29.6 Å². The van der Waals surface area contributed by atoms with Gasteiger partial charge in [-0.15, -0.1) is 0 Å². The van der Waals surface area contributed by atoms with Gasteiger partial charge in [-0.3, -0.25) is 4.79 Å². The molecule has 0 spiro atoms. The predicted molar refractivity (Wildman–Crippen MR) is 119 cm³/mol. The molecule has 1 saturated carbocycles. The van der Waals surface area contributed by atoms with Crippen LogP contribution in [-0.2, 0) is 21.2 Å². The maximum atomic E-state index is 13.0. The molecule has 1 aliphatic carbocycles. The Labute approximate surface area is 179 Å². The highest BCUT2D eigenvalue weighted by atomic mass is 32.2. The van der Waals surface area contributed by atoms with E-state index in [9.17, 15) is 13.2 Å². The summed E-state index contributed by atoms with van der Waals surface area (Å²) in [7, 11) is -3.50. The Bertz CT molecular complexity index is 944. The second-order valence-corrected chi connectivity index (χ2v) is 10.5. The van der Waals surface area contributed by atoms with Crippen molar-refractivity contribution in [1.29, 1.82) is 0 Å². The second-order valence-electron chi connectivity index (χ2n) is 8.53. The van der Waals surface area contributed by atoms with Gasteiger partial charge in [0.2, 0.25) is 15.9 Å². The molecule has 1 aliphatic heterocycles. The number of benzene rings is 2. The average molecular weight is 427 g/mol. The van der Waals surface area contributed by atoms with Gasteiger partial charge in [-0.2, -0.15) is 4.31 Å². The van der Waals surface area contributed by atoms with E-state index in [4.69, 9.17) is 0 Å². The van der Waals surface area contributed by atoms with Gasteiger partial charge in [0.1, 0.15) is 0 Å². The molecule has 30 heavy (non-hydrogen) atoms. The van der Waals surface area contributed by atoms with Gasteiger partial charge < -0.3 is 5.32 Å². The first-order valence-corrected chi connectivity index (χ1v) is 12.4. The number of piperidine rings is 1. The SMILES string of the molecule is O=C(Nc1ccc(S(=O)(=O)N2CCC(Cc3ccccc3)CC2)cc1)C1CCCC1. The Morgan fingerprint density at radius 2 is 1.53 bits per heavy atom. The molecule has 0 aromatic heterocycles. The summed E-state index contributed by atoms with van der Waals surface area (Å²) in [5, 5.41) is 2.92. The molecule has 2 aromatic rings. The summed E-state index contributed by atoms with van der Waals surface area (Å²) in [6.45, 7) is 1.11. The van der Waals surface area contributed by atoms with Gasteiger partial charge in [-0.25, -0.2) is 8.42 Å². The van der Waals surface area contributed by atoms with Crippen molar-refractivity contribution in [1.82, 2.24) is 4.31 Å². The van der Waals surface area contributed by atoms with Gasteiger partial charge in [0, 0.05) is 24.7 Å². The third-order valence-corrected chi connectivity index (χ3v) is 8.34. The molecule has 0 bridgehead atoms. The topological polar surface area (TPSA) is 66.5 Å². The summed E-state index contributed by atoms with van der Waals surface area (Å²) in [6, 6.07) is 17.0. The number of hydrogen-bond donors (Lipinski definition) is 1. The van der Waals surface area contributed by atoms with Crippen molar-refractivity contribution in [2.24, 2.45) is 11.8 Å². The van der Waals surface area contributed by atoms with Crippen molar-refractivity contribution in [3.63, 3.8) is 0 Å². The van der Waals surface area contributed by atoms with Crippen LogP contribution in [0.25, 0.3) is 0 Å². The number of amides is 1. The minimum atomic E-state index is -3.50. The van der Waals surface area contributed by atoms with Crippen molar-refractivity contribution in [3.05, 3.63) is 60.2 Å². The zero-order valence-corrected chi connectivity index (χ0v) is 18.1. The number of nitrogens with zero attached hydrogens (tertiary/aromatic N) is 1. The molecule has 1 N–H and O–H groups in total. The van der Waals surface area contributed by atoms with Gasteiger partial charge in [-0.1, -0.05) is 43.2 Å². The molecule has 1 amide bonds. The second kappa shape index (κ2) is 9.31. The largest absolute Gasteiger partial charge is 0.326 e. The third kappa shape index (κ3) is 4.93. The van der Waals surface area contributed by atoms with E-state index >= 15 is 0 Å². The Morgan fingerprint density at radius 1 is 0.900 bits per heavy atom. The van der Waals surface area contributed by atoms with Crippen molar-refractivity contribution in [2.45, 2.75) is 49.8 Å². The molecule has 2 fully saturated rings. The molecule has 6 heteroatoms. The Balaban J connectivity index is 1.33. The standard InChI is InChI=1S/C24H30N2O3S/c27-24(21-8-4-5-9-21)25-22-10-12-23(13-11-22)30(28,29)26-16-14-20(15-17-26)18-19-6-2-1-3-7-19/h1-3,6-7,10-13,20-21H,4-5,8-9,14-18H2,(H,25,27). The first kappa shape index (κ1) is 21.1. The zero-order valence-electron chi connectivity index (χ0n) is 17.3. The summed E-state index contributed by atoms with van der Waals surface area (Å²) in [6.07, 6.45) is 6.86. The molecule has 4 rings (SSSR count). The number of anilines is 1. The van der Waals surface area contributed by atoms with E-state index in [1.807, 2.05) is 6.07 Å². The number of carbonyl (C=O) groups excluding carboxylic acids is 1. The molecule has 1 heterocycles. The lowest BCUT2D eigenvalue weighted by Gasteiger charge is -2.31. The van der Waals surface area contributed by atoms with Crippen LogP contribution in [0.5, 0.6) is 0 Å². The summed E-state index contributed by atoms with van der Waals surface area (Å²) in [5.74, 6) is 0.654. The summed E-state index contributed by atoms with van der Waals surface area (Å²) >= 11 is 0. The monoisotopic (exact) mass is 426 g/mol. The number of nitrogens with one attached hydrogen (secondary N) is 1. The molecular formula is C24H30N2O3S. The molecule has 0 radical (unpaired) electrons. The highest BCUT2D eigenvalue weighted by molar-refractivity contribution is 7.89. The van der Waals surface area contributed by atoms with Crippen LogP contribution in [-0.4, -0.2) is 31.7 Å². The van der Waals surface area contributed by atoms with E-state index in [-0.39, 0.29) is 11.8 Å². The molecule has 0 unspecified atom stereocenters. The fourth-order valence-electron chi connectivity index (χ4n) is 4.59. The van der Waals surface area contributed by atoms with Crippen LogP contribution in [0.2, 0.25) is 0 Å². The lowest BCUT2D eigenvalue weighted by molar-refractivity contribution is -0.119. The Kier molecular flexibility index (Phi) is 6.54. The number of sulfonamides is 1. The van der Waals surface area contributed by atoms with E-state index in [0.717, 1.165) is 44.9 Å². The maximum absolute atomic E-state index is 13.0. The minimum Gasteiger partial charge on any atom is -0.326 e. The highest BCUT2D eigenvalue weighted by Gasteiger charge is 2.29. The van der Waals surface area contributed by atoms with E-state index < -0.39 is 10.0 Å². The molecule has 2 aliphatic rings. The molecule has 2 aromatic carbocycles. The van der Waals surface area contributed by atoms with Gasteiger partial charge in [0.05, 0.1) is 4.90 Å². The first-order chi connectivity index (χ1) is 14.5. The number of hydrogen-bond acceptors (Lipinski definition) is 3. The molecule has 0 atom stereocenters. The fraction of sp³-hybridized carbons (Fsp3) is 0.458. The highest BCUT2D eigenvalue weighted by Crippen LogP contribution is 2.28. The zero-order chi connectivity index (χ0) is 21.0. The third-order valence-electron chi connectivity index (χ3n) is 6.43. The van der Waals surface area contributed by atoms with Gasteiger partial charge in [0.25, 0.3) is 0 Å². The number of carbonyl (C=O) groups is 1. The lowest BCUT2D eigenvalue weighted by Crippen LogP contribution is -2.38. The van der Waals surface area contributed by atoms with Crippen LogP contribution in [0, 0.1) is 11.8 Å². The van der Waals surface area contributed by atoms with E-state index in [2.05, 4.69) is 29.6 Å². The molecular weight excluding hydrogens is 396 g/mol. The Morgan fingerprint density at radius 3 is 2.17 bits per heavy atom. The quantitative estimate of drug-likeness (QED) is 0.742. The summed E-state index contributed by atoms with van der Waals surface area (Å²) in [4.78, 5) is 12.6. The van der Waals surface area contributed by atoms with Crippen LogP contribution >= 0.6 is 0 Å².